The number of amides is 2. The Balaban J connectivity index is 1.40. The predicted molar refractivity (Wildman–Crippen MR) is 99.4 cm³/mol. The molecule has 0 radical (unpaired) electrons. The summed E-state index contributed by atoms with van der Waals surface area (Å²) in [6.45, 7) is 3.23. The molecule has 1 saturated heterocycles. The standard InChI is InChI=1S/C18H22BrN3O3/c1-12-10-15(4-5-16(12)19)20-17(23)11-25-21-14-6-8-22(9-7-14)18(24)13-2-3-13/h4-5,10,13H,2-3,6-9,11H2,1H3,(H,20,23). The number of halogens is 1. The molecule has 134 valence electrons. The van der Waals surface area contributed by atoms with E-state index in [0.29, 0.717) is 25.9 Å². The summed E-state index contributed by atoms with van der Waals surface area (Å²) < 4.78 is 1.000. The summed E-state index contributed by atoms with van der Waals surface area (Å²) in [5.41, 5.74) is 2.69. The SMILES string of the molecule is Cc1cc(NC(=O)CON=C2CCN(C(=O)C3CC3)CC2)ccc1Br. The molecule has 0 atom stereocenters. The quantitative estimate of drug-likeness (QED) is 0.762. The summed E-state index contributed by atoms with van der Waals surface area (Å²) in [4.78, 5) is 31.0. The Labute approximate surface area is 155 Å². The van der Waals surface area contributed by atoms with Crippen molar-refractivity contribution in [1.82, 2.24) is 4.90 Å². The van der Waals surface area contributed by atoms with E-state index in [1.807, 2.05) is 30.0 Å². The van der Waals surface area contributed by atoms with Gasteiger partial charge in [0.1, 0.15) is 0 Å². The van der Waals surface area contributed by atoms with Gasteiger partial charge in [0.05, 0.1) is 5.71 Å². The van der Waals surface area contributed by atoms with Crippen LogP contribution in [0.1, 0.15) is 31.2 Å². The zero-order valence-corrected chi connectivity index (χ0v) is 15.8. The Morgan fingerprint density at radius 3 is 2.68 bits per heavy atom. The molecule has 1 saturated carbocycles. The van der Waals surface area contributed by atoms with Crippen molar-refractivity contribution < 1.29 is 14.4 Å². The molecule has 6 nitrogen and oxygen atoms in total. The fraction of sp³-hybridized carbons (Fsp3) is 0.500. The van der Waals surface area contributed by atoms with Gasteiger partial charge in [-0.2, -0.15) is 0 Å². The number of rotatable bonds is 5. The maximum absolute atomic E-state index is 12.0. The molecular formula is C18H22BrN3O3. The van der Waals surface area contributed by atoms with Crippen molar-refractivity contribution in [3.63, 3.8) is 0 Å². The van der Waals surface area contributed by atoms with E-state index in [-0.39, 0.29) is 24.3 Å². The molecule has 0 aromatic heterocycles. The molecule has 1 aromatic carbocycles. The van der Waals surface area contributed by atoms with Crippen molar-refractivity contribution in [2.45, 2.75) is 32.6 Å². The van der Waals surface area contributed by atoms with Gasteiger partial charge in [0, 0.05) is 42.0 Å². The van der Waals surface area contributed by atoms with E-state index in [2.05, 4.69) is 26.4 Å². The average molecular weight is 408 g/mol. The number of anilines is 1. The van der Waals surface area contributed by atoms with Gasteiger partial charge in [0.15, 0.2) is 6.61 Å². The molecule has 1 aliphatic carbocycles. The number of piperidine rings is 1. The van der Waals surface area contributed by atoms with Crippen molar-refractivity contribution in [3.8, 4) is 0 Å². The summed E-state index contributed by atoms with van der Waals surface area (Å²) in [7, 11) is 0. The number of nitrogens with zero attached hydrogens (tertiary/aromatic N) is 2. The highest BCUT2D eigenvalue weighted by atomic mass is 79.9. The number of carbonyl (C=O) groups excluding carboxylic acids is 2. The van der Waals surface area contributed by atoms with Gasteiger partial charge in [-0.05, 0) is 43.5 Å². The van der Waals surface area contributed by atoms with Crippen LogP contribution >= 0.6 is 15.9 Å². The maximum Gasteiger partial charge on any atom is 0.265 e. The highest BCUT2D eigenvalue weighted by Crippen LogP contribution is 2.31. The van der Waals surface area contributed by atoms with Crippen LogP contribution in [0, 0.1) is 12.8 Å². The molecule has 7 heteroatoms. The number of likely N-dealkylation sites (tertiary alicyclic amines) is 1. The molecule has 3 rings (SSSR count). The van der Waals surface area contributed by atoms with Crippen LogP contribution in [-0.4, -0.2) is 42.1 Å². The van der Waals surface area contributed by atoms with Crippen LogP contribution in [0.3, 0.4) is 0 Å². The van der Waals surface area contributed by atoms with Crippen LogP contribution in [0.25, 0.3) is 0 Å². The van der Waals surface area contributed by atoms with Gasteiger partial charge >= 0.3 is 0 Å². The number of hydrogen-bond acceptors (Lipinski definition) is 4. The molecule has 1 heterocycles. The Morgan fingerprint density at radius 2 is 2.04 bits per heavy atom. The Morgan fingerprint density at radius 1 is 1.32 bits per heavy atom. The van der Waals surface area contributed by atoms with E-state index in [4.69, 9.17) is 4.84 Å². The van der Waals surface area contributed by atoms with E-state index in [1.165, 1.54) is 0 Å². The lowest BCUT2D eigenvalue weighted by molar-refractivity contribution is -0.132. The smallest absolute Gasteiger partial charge is 0.265 e. The minimum atomic E-state index is -0.243. The molecule has 0 spiro atoms. The monoisotopic (exact) mass is 407 g/mol. The second kappa shape index (κ2) is 7.99. The first-order chi connectivity index (χ1) is 12.0. The van der Waals surface area contributed by atoms with E-state index in [0.717, 1.165) is 34.3 Å². The fourth-order valence-corrected chi connectivity index (χ4v) is 3.01. The Hall–Kier alpha value is -1.89. The number of hydrogen-bond donors (Lipinski definition) is 1. The molecule has 1 aromatic rings. The van der Waals surface area contributed by atoms with Gasteiger partial charge in [0.25, 0.3) is 5.91 Å². The van der Waals surface area contributed by atoms with Gasteiger partial charge in [-0.3, -0.25) is 9.59 Å². The van der Waals surface area contributed by atoms with Gasteiger partial charge in [-0.1, -0.05) is 21.1 Å². The second-order valence-corrected chi connectivity index (χ2v) is 7.40. The highest BCUT2D eigenvalue weighted by molar-refractivity contribution is 9.10. The fourth-order valence-electron chi connectivity index (χ4n) is 2.77. The van der Waals surface area contributed by atoms with Crippen molar-refractivity contribution >= 4 is 39.1 Å². The van der Waals surface area contributed by atoms with E-state index in [1.54, 1.807) is 0 Å². The van der Waals surface area contributed by atoms with Crippen LogP contribution in [0.4, 0.5) is 5.69 Å². The van der Waals surface area contributed by atoms with Crippen LogP contribution in [-0.2, 0) is 14.4 Å². The molecule has 25 heavy (non-hydrogen) atoms. The summed E-state index contributed by atoms with van der Waals surface area (Å²) in [6.07, 6.45) is 3.50. The predicted octanol–water partition coefficient (Wildman–Crippen LogP) is 3.10. The van der Waals surface area contributed by atoms with Crippen molar-refractivity contribution in [2.24, 2.45) is 11.1 Å². The van der Waals surface area contributed by atoms with Gasteiger partial charge < -0.3 is 15.1 Å². The highest BCUT2D eigenvalue weighted by Gasteiger charge is 2.34. The molecule has 0 unspecified atom stereocenters. The third kappa shape index (κ3) is 5.04. The second-order valence-electron chi connectivity index (χ2n) is 6.54. The molecule has 2 fully saturated rings. The summed E-state index contributed by atoms with van der Waals surface area (Å²) >= 11 is 3.43. The van der Waals surface area contributed by atoms with Crippen LogP contribution in [0.15, 0.2) is 27.8 Å². The zero-order chi connectivity index (χ0) is 17.8. The van der Waals surface area contributed by atoms with E-state index in [9.17, 15) is 9.59 Å². The van der Waals surface area contributed by atoms with E-state index >= 15 is 0 Å². The zero-order valence-electron chi connectivity index (χ0n) is 14.3. The minimum absolute atomic E-state index is 0.122. The minimum Gasteiger partial charge on any atom is -0.386 e. The lowest BCUT2D eigenvalue weighted by Crippen LogP contribution is -2.39. The third-order valence-corrected chi connectivity index (χ3v) is 5.30. The first kappa shape index (κ1) is 17.9. The number of carbonyl (C=O) groups is 2. The average Bonchev–Trinajstić information content (AvgIpc) is 3.43. The molecule has 0 bridgehead atoms. The number of oxime groups is 1. The Bertz CT molecular complexity index is 691. The normalized spacial score (nSPS) is 17.2. The lowest BCUT2D eigenvalue weighted by Gasteiger charge is -2.27. The lowest BCUT2D eigenvalue weighted by atomic mass is 10.1. The van der Waals surface area contributed by atoms with Crippen molar-refractivity contribution in [1.29, 1.82) is 0 Å². The Kier molecular flexibility index (Phi) is 5.73. The molecule has 2 amide bonds. The van der Waals surface area contributed by atoms with Gasteiger partial charge in [-0.15, -0.1) is 0 Å². The number of benzene rings is 1. The van der Waals surface area contributed by atoms with Crippen LogP contribution in [0.2, 0.25) is 0 Å². The van der Waals surface area contributed by atoms with Gasteiger partial charge in [0.2, 0.25) is 5.91 Å². The van der Waals surface area contributed by atoms with Crippen LogP contribution in [0.5, 0.6) is 0 Å². The molecule has 1 N–H and O–H groups in total. The summed E-state index contributed by atoms with van der Waals surface area (Å²) in [6, 6.07) is 5.61. The molecular weight excluding hydrogens is 386 g/mol. The number of nitrogens with one attached hydrogen (secondary N) is 1. The topological polar surface area (TPSA) is 71.0 Å². The molecule has 2 aliphatic rings. The van der Waals surface area contributed by atoms with E-state index < -0.39 is 0 Å². The maximum atomic E-state index is 12.0. The largest absolute Gasteiger partial charge is 0.386 e. The first-order valence-electron chi connectivity index (χ1n) is 8.55. The van der Waals surface area contributed by atoms with Crippen molar-refractivity contribution in [2.75, 3.05) is 25.0 Å². The third-order valence-electron chi connectivity index (χ3n) is 4.41. The summed E-state index contributed by atoms with van der Waals surface area (Å²) in [5, 5.41) is 6.84. The first-order valence-corrected chi connectivity index (χ1v) is 9.35. The van der Waals surface area contributed by atoms with Gasteiger partial charge in [-0.25, -0.2) is 0 Å². The van der Waals surface area contributed by atoms with Crippen molar-refractivity contribution in [3.05, 3.63) is 28.2 Å². The van der Waals surface area contributed by atoms with Crippen LogP contribution < -0.4 is 5.32 Å². The molecule has 1 aliphatic heterocycles. The summed E-state index contributed by atoms with van der Waals surface area (Å²) in [5.74, 6) is 0.303. The number of aryl methyl sites for hydroxylation is 1.